The van der Waals surface area contributed by atoms with Gasteiger partial charge < -0.3 is 0 Å². The van der Waals surface area contributed by atoms with Crippen LogP contribution in [0.15, 0.2) is 36.4 Å². The van der Waals surface area contributed by atoms with Gasteiger partial charge in [-0.25, -0.2) is 8.78 Å². The lowest BCUT2D eigenvalue weighted by atomic mass is 9.80. The minimum Gasteiger partial charge on any atom is -0.206 e. The van der Waals surface area contributed by atoms with Gasteiger partial charge in [0.2, 0.25) is 0 Å². The van der Waals surface area contributed by atoms with Gasteiger partial charge in [-0.15, -0.1) is 0 Å². The Kier molecular flexibility index (Phi) is 4.02. The molecule has 0 nitrogen and oxygen atoms in total. The summed E-state index contributed by atoms with van der Waals surface area (Å²) >= 11 is 2.00. The zero-order chi connectivity index (χ0) is 15.9. The molecule has 1 fully saturated rings. The van der Waals surface area contributed by atoms with E-state index in [9.17, 15) is 17.6 Å². The highest BCUT2D eigenvalue weighted by Gasteiger charge is 2.34. The van der Waals surface area contributed by atoms with E-state index < -0.39 is 22.0 Å². The number of hydrogen-bond donors (Lipinski definition) is 0. The topological polar surface area (TPSA) is 0 Å². The summed E-state index contributed by atoms with van der Waals surface area (Å²) < 4.78 is 53.9. The number of rotatable bonds is 3. The minimum absolute atomic E-state index is 0.246. The van der Waals surface area contributed by atoms with Gasteiger partial charge in [0.15, 0.2) is 0 Å². The second-order valence-corrected chi connectivity index (χ2v) is 6.56. The lowest BCUT2D eigenvalue weighted by Gasteiger charge is -2.25. The lowest BCUT2D eigenvalue weighted by molar-refractivity contribution is 0.105. The second-order valence-electron chi connectivity index (χ2n) is 5.56. The predicted octanol–water partition coefficient (Wildman–Crippen LogP) is 6.34. The molecule has 0 amide bonds. The van der Waals surface area contributed by atoms with Crippen LogP contribution in [0.1, 0.15) is 36.3 Å². The number of benzene rings is 2. The van der Waals surface area contributed by atoms with Crippen LogP contribution < -0.4 is 0 Å². The summed E-state index contributed by atoms with van der Waals surface area (Å²) in [6, 6.07) is 9.28. The third-order valence-corrected chi connectivity index (χ3v) is 4.54. The molecule has 22 heavy (non-hydrogen) atoms. The molecule has 2 aromatic rings. The smallest absolute Gasteiger partial charge is 0.206 e. The molecule has 0 saturated heterocycles. The number of halogens is 5. The summed E-state index contributed by atoms with van der Waals surface area (Å²) in [6.07, 6.45) is 3.56. The van der Waals surface area contributed by atoms with Crippen molar-refractivity contribution in [1.82, 2.24) is 0 Å². The molecule has 2 aromatic carbocycles. The summed E-state index contributed by atoms with van der Waals surface area (Å²) in [6.45, 7) is 0. The third kappa shape index (κ3) is 2.91. The van der Waals surface area contributed by atoms with E-state index >= 15 is 0 Å². The van der Waals surface area contributed by atoms with Crippen LogP contribution in [-0.2, 0) is 4.83 Å². The normalized spacial score (nSPS) is 15.7. The van der Waals surface area contributed by atoms with Crippen LogP contribution in [0, 0.1) is 11.6 Å². The molecule has 0 heterocycles. The molecular formula is C17H13BrF4. The lowest BCUT2D eigenvalue weighted by Crippen LogP contribution is -2.10. The summed E-state index contributed by atoms with van der Waals surface area (Å²) in [7, 11) is 0. The van der Waals surface area contributed by atoms with Crippen molar-refractivity contribution in [2.75, 3.05) is 0 Å². The summed E-state index contributed by atoms with van der Waals surface area (Å²) in [5.41, 5.74) is 0.794. The fraction of sp³-hybridized carbons (Fsp3) is 0.294. The first-order chi connectivity index (χ1) is 10.4. The highest BCUT2D eigenvalue weighted by molar-refractivity contribution is 9.09. The maximum Gasteiger partial charge on any atom is 0.332 e. The molecule has 3 rings (SSSR count). The molecule has 0 radical (unpaired) electrons. The van der Waals surface area contributed by atoms with E-state index in [1.165, 1.54) is 12.0 Å². The quantitative estimate of drug-likeness (QED) is 0.435. The molecule has 0 bridgehead atoms. The Labute approximate surface area is 134 Å². The van der Waals surface area contributed by atoms with Crippen LogP contribution in [0.2, 0.25) is 0 Å². The molecule has 0 atom stereocenters. The van der Waals surface area contributed by atoms with Gasteiger partial charge in [0, 0.05) is 0 Å². The Bertz CT molecular complexity index is 662. The molecule has 5 heteroatoms. The van der Waals surface area contributed by atoms with Gasteiger partial charge in [0.1, 0.15) is 17.2 Å². The van der Waals surface area contributed by atoms with Crippen molar-refractivity contribution < 1.29 is 17.6 Å². The first-order valence-corrected chi connectivity index (χ1v) is 7.82. The molecule has 1 saturated carbocycles. The van der Waals surface area contributed by atoms with Crippen molar-refractivity contribution in [3.63, 3.8) is 0 Å². The van der Waals surface area contributed by atoms with Crippen LogP contribution in [0.3, 0.4) is 0 Å². The average Bonchev–Trinajstić information content (AvgIpc) is 2.35. The molecule has 0 N–H and O–H groups in total. The van der Waals surface area contributed by atoms with E-state index in [4.69, 9.17) is 0 Å². The van der Waals surface area contributed by atoms with Crippen molar-refractivity contribution in [3.8, 4) is 11.1 Å². The van der Waals surface area contributed by atoms with Crippen LogP contribution in [0.25, 0.3) is 11.1 Å². The fourth-order valence-corrected chi connectivity index (χ4v) is 3.08. The third-order valence-electron chi connectivity index (χ3n) is 4.15. The second kappa shape index (κ2) is 5.69. The van der Waals surface area contributed by atoms with Crippen molar-refractivity contribution >= 4 is 15.9 Å². The first-order valence-electron chi connectivity index (χ1n) is 7.03. The Hall–Kier alpha value is -1.36. The van der Waals surface area contributed by atoms with Crippen LogP contribution >= 0.6 is 15.9 Å². The van der Waals surface area contributed by atoms with Crippen LogP contribution in [-0.4, -0.2) is 0 Å². The van der Waals surface area contributed by atoms with E-state index in [-0.39, 0.29) is 5.56 Å². The minimum atomic E-state index is -3.73. The Balaban J connectivity index is 1.95. The highest BCUT2D eigenvalue weighted by Crippen LogP contribution is 2.40. The monoisotopic (exact) mass is 372 g/mol. The highest BCUT2D eigenvalue weighted by atomic mass is 79.9. The molecule has 0 unspecified atom stereocenters. The summed E-state index contributed by atoms with van der Waals surface area (Å²) in [5, 5.41) is 0. The molecule has 0 aromatic heterocycles. The molecular weight excluding hydrogens is 360 g/mol. The maximum atomic E-state index is 13.8. The molecule has 0 spiro atoms. The van der Waals surface area contributed by atoms with Gasteiger partial charge in [-0.05, 0) is 63.5 Å². The summed E-state index contributed by atoms with van der Waals surface area (Å²) in [4.78, 5) is -3.73. The Morgan fingerprint density at radius 3 is 1.86 bits per heavy atom. The molecule has 1 aliphatic carbocycles. The number of hydrogen-bond acceptors (Lipinski definition) is 0. The van der Waals surface area contributed by atoms with Gasteiger partial charge in [-0.2, -0.15) is 8.78 Å². The van der Waals surface area contributed by atoms with Gasteiger partial charge in [0.25, 0.3) is 0 Å². The van der Waals surface area contributed by atoms with Crippen molar-refractivity contribution in [2.45, 2.75) is 30.0 Å². The van der Waals surface area contributed by atoms with Crippen molar-refractivity contribution in [2.24, 2.45) is 0 Å². The number of alkyl halides is 3. The van der Waals surface area contributed by atoms with Gasteiger partial charge >= 0.3 is 4.83 Å². The van der Waals surface area contributed by atoms with Gasteiger partial charge in [0.05, 0.1) is 0 Å². The van der Waals surface area contributed by atoms with Crippen LogP contribution in [0.5, 0.6) is 0 Å². The average molecular weight is 373 g/mol. The van der Waals surface area contributed by atoms with Gasteiger partial charge in [-0.1, -0.05) is 30.7 Å². The van der Waals surface area contributed by atoms with Crippen molar-refractivity contribution in [3.05, 3.63) is 59.2 Å². The zero-order valence-electron chi connectivity index (χ0n) is 11.6. The molecule has 116 valence electrons. The zero-order valence-corrected chi connectivity index (χ0v) is 13.1. The molecule has 1 aliphatic rings. The van der Waals surface area contributed by atoms with E-state index in [1.807, 2.05) is 28.1 Å². The fourth-order valence-electron chi connectivity index (χ4n) is 2.70. The SMILES string of the molecule is Fc1cc(-c2ccc(C3CCC3)cc2)cc(F)c1C(F)(F)Br. The summed E-state index contributed by atoms with van der Waals surface area (Å²) in [5.74, 6) is -1.96. The van der Waals surface area contributed by atoms with E-state index in [1.54, 1.807) is 12.1 Å². The van der Waals surface area contributed by atoms with E-state index in [0.29, 0.717) is 11.5 Å². The first kappa shape index (κ1) is 15.5. The molecule has 0 aliphatic heterocycles. The Morgan fingerprint density at radius 1 is 0.909 bits per heavy atom. The van der Waals surface area contributed by atoms with E-state index in [0.717, 1.165) is 25.0 Å². The Morgan fingerprint density at radius 2 is 1.45 bits per heavy atom. The standard InChI is InChI=1S/C17H13BrF4/c18-17(21,22)16-14(19)8-13(9-15(16)20)12-6-4-11(5-7-12)10-2-1-3-10/h4-10H,1-3H2. The predicted molar refractivity (Wildman–Crippen MR) is 81.2 cm³/mol. The van der Waals surface area contributed by atoms with Gasteiger partial charge in [-0.3, -0.25) is 0 Å². The van der Waals surface area contributed by atoms with Crippen molar-refractivity contribution in [1.29, 1.82) is 0 Å². The largest absolute Gasteiger partial charge is 0.332 e. The van der Waals surface area contributed by atoms with Crippen LogP contribution in [0.4, 0.5) is 17.6 Å². The maximum absolute atomic E-state index is 13.8. The van der Waals surface area contributed by atoms with E-state index in [2.05, 4.69) is 0 Å².